The lowest BCUT2D eigenvalue weighted by Gasteiger charge is -2.31. The van der Waals surface area contributed by atoms with Crippen LogP contribution in [-0.2, 0) is 23.8 Å². The van der Waals surface area contributed by atoms with Crippen molar-refractivity contribution < 1.29 is 23.8 Å². The third-order valence-electron chi connectivity index (χ3n) is 3.93. The molecule has 0 spiro atoms. The molecule has 2 aromatic rings. The first-order valence-corrected chi connectivity index (χ1v) is 8.70. The Hall–Kier alpha value is -2.71. The fourth-order valence-electron chi connectivity index (χ4n) is 2.66. The van der Waals surface area contributed by atoms with E-state index in [1.165, 1.54) is 14.2 Å². The molecular weight excluding hydrogens is 356 g/mol. The monoisotopic (exact) mass is 374 g/mol. The van der Waals surface area contributed by atoms with Gasteiger partial charge in [0.1, 0.15) is 12.4 Å². The minimum atomic E-state index is -0.621. The predicted molar refractivity (Wildman–Crippen MR) is 96.6 cm³/mol. The van der Waals surface area contributed by atoms with Crippen molar-refractivity contribution in [2.45, 2.75) is 6.92 Å². The molecule has 8 heteroatoms. The molecule has 136 valence electrons. The lowest BCUT2D eigenvalue weighted by Crippen LogP contribution is -2.38. The van der Waals surface area contributed by atoms with Crippen LogP contribution in [0.25, 0.3) is 11.3 Å². The third kappa shape index (κ3) is 3.47. The number of esters is 2. The molecule has 26 heavy (non-hydrogen) atoms. The Morgan fingerprint density at radius 1 is 1.15 bits per heavy atom. The van der Waals surface area contributed by atoms with E-state index in [4.69, 9.17) is 14.2 Å². The Balaban J connectivity index is 1.98. The summed E-state index contributed by atoms with van der Waals surface area (Å²) in [5, 5.41) is 2.98. The maximum Gasteiger partial charge on any atom is 0.355 e. The van der Waals surface area contributed by atoms with Gasteiger partial charge in [-0.3, -0.25) is 0 Å². The van der Waals surface area contributed by atoms with Gasteiger partial charge >= 0.3 is 11.9 Å². The summed E-state index contributed by atoms with van der Waals surface area (Å²) < 4.78 is 15.1. The molecule has 0 bridgehead atoms. The zero-order chi connectivity index (χ0) is 18.7. The fraction of sp³-hybridized carbons (Fsp3) is 0.278. The van der Waals surface area contributed by atoms with E-state index in [0.29, 0.717) is 5.69 Å². The van der Waals surface area contributed by atoms with Gasteiger partial charge in [0.05, 0.1) is 37.1 Å². The van der Waals surface area contributed by atoms with Crippen LogP contribution >= 0.6 is 11.3 Å². The molecule has 0 fully saturated rings. The first-order valence-electron chi connectivity index (χ1n) is 7.82. The molecule has 0 aliphatic carbocycles. The average Bonchev–Trinajstić information content (AvgIpc) is 3.12. The molecule has 0 atom stereocenters. The van der Waals surface area contributed by atoms with Crippen molar-refractivity contribution in [2.24, 2.45) is 0 Å². The number of aryl methyl sites for hydroxylation is 1. The van der Waals surface area contributed by atoms with Crippen LogP contribution in [0.3, 0.4) is 0 Å². The minimum absolute atomic E-state index is 0.0101. The van der Waals surface area contributed by atoms with Crippen molar-refractivity contribution in [2.75, 3.05) is 32.5 Å². The molecular formula is C18H18N2O5S. The van der Waals surface area contributed by atoms with Crippen molar-refractivity contribution >= 4 is 29.0 Å². The van der Waals surface area contributed by atoms with Crippen LogP contribution in [-0.4, -0.2) is 44.5 Å². The molecule has 0 N–H and O–H groups in total. The van der Waals surface area contributed by atoms with Crippen molar-refractivity contribution in [3.8, 4) is 11.3 Å². The number of rotatable bonds is 4. The molecule has 0 radical (unpaired) electrons. The summed E-state index contributed by atoms with van der Waals surface area (Å²) >= 11 is 1.58. The highest BCUT2D eigenvalue weighted by Crippen LogP contribution is 2.29. The van der Waals surface area contributed by atoms with Gasteiger partial charge < -0.3 is 19.1 Å². The number of aromatic nitrogens is 1. The Bertz CT molecular complexity index is 857. The Morgan fingerprint density at radius 2 is 1.85 bits per heavy atom. The standard InChI is InChI=1S/C18H18N2O5S/c1-11-19-15(9-26-11)12-4-6-13(7-5-12)20-10-25-8-14(17(21)23-2)16(20)18(22)24-3/h4-7,9H,8,10H2,1-3H3. The first kappa shape index (κ1) is 18.1. The Kier molecular flexibility index (Phi) is 5.34. The van der Waals surface area contributed by atoms with Gasteiger partial charge in [-0.15, -0.1) is 11.3 Å². The second-order valence-electron chi connectivity index (χ2n) is 5.51. The number of hydrogen-bond acceptors (Lipinski definition) is 8. The summed E-state index contributed by atoms with van der Waals surface area (Å²) in [7, 11) is 2.53. The van der Waals surface area contributed by atoms with Gasteiger partial charge in [0.25, 0.3) is 0 Å². The van der Waals surface area contributed by atoms with E-state index >= 15 is 0 Å². The maximum absolute atomic E-state index is 12.3. The summed E-state index contributed by atoms with van der Waals surface area (Å²) in [5.74, 6) is -1.24. The van der Waals surface area contributed by atoms with Gasteiger partial charge in [-0.2, -0.15) is 0 Å². The second kappa shape index (κ2) is 7.67. The summed E-state index contributed by atoms with van der Waals surface area (Å²) in [6.07, 6.45) is 0. The molecule has 0 saturated carbocycles. The Morgan fingerprint density at radius 3 is 2.42 bits per heavy atom. The summed E-state index contributed by atoms with van der Waals surface area (Å²) in [6.45, 7) is 2.07. The number of nitrogens with zero attached hydrogens (tertiary/aromatic N) is 2. The van der Waals surface area contributed by atoms with Gasteiger partial charge in [-0.1, -0.05) is 12.1 Å². The molecule has 7 nitrogen and oxygen atoms in total. The molecule has 0 saturated heterocycles. The molecule has 3 rings (SSSR count). The largest absolute Gasteiger partial charge is 0.466 e. The maximum atomic E-state index is 12.3. The molecule has 2 heterocycles. The lowest BCUT2D eigenvalue weighted by atomic mass is 10.1. The number of thiazole rings is 1. The number of carbonyl (C=O) groups excluding carboxylic acids is 2. The van der Waals surface area contributed by atoms with Crippen LogP contribution in [0.5, 0.6) is 0 Å². The highest BCUT2D eigenvalue weighted by Gasteiger charge is 2.32. The van der Waals surface area contributed by atoms with E-state index in [1.807, 2.05) is 36.6 Å². The number of carbonyl (C=O) groups is 2. The van der Waals surface area contributed by atoms with E-state index < -0.39 is 11.9 Å². The summed E-state index contributed by atoms with van der Waals surface area (Å²) in [4.78, 5) is 30.3. The highest BCUT2D eigenvalue weighted by molar-refractivity contribution is 7.09. The third-order valence-corrected chi connectivity index (χ3v) is 4.70. The van der Waals surface area contributed by atoms with Crippen molar-refractivity contribution in [1.29, 1.82) is 0 Å². The van der Waals surface area contributed by atoms with Gasteiger partial charge in [0.15, 0.2) is 0 Å². The molecule has 1 aromatic carbocycles. The van der Waals surface area contributed by atoms with Crippen molar-refractivity contribution in [1.82, 2.24) is 4.98 Å². The number of ether oxygens (including phenoxy) is 3. The van der Waals surface area contributed by atoms with Gasteiger partial charge in [0, 0.05) is 16.6 Å². The topological polar surface area (TPSA) is 78.0 Å². The normalized spacial score (nSPS) is 14.3. The molecule has 0 unspecified atom stereocenters. The number of benzene rings is 1. The van der Waals surface area contributed by atoms with Crippen LogP contribution in [0.15, 0.2) is 40.9 Å². The zero-order valence-electron chi connectivity index (χ0n) is 14.6. The predicted octanol–water partition coefficient (Wildman–Crippen LogP) is 2.51. The van der Waals surface area contributed by atoms with Crippen LogP contribution in [0.1, 0.15) is 5.01 Å². The van der Waals surface area contributed by atoms with E-state index in [1.54, 1.807) is 16.2 Å². The van der Waals surface area contributed by atoms with E-state index in [-0.39, 0.29) is 24.6 Å². The number of methoxy groups -OCH3 is 2. The average molecular weight is 374 g/mol. The Labute approximate surface area is 154 Å². The summed E-state index contributed by atoms with van der Waals surface area (Å²) in [5.41, 5.74) is 2.82. The molecule has 1 aromatic heterocycles. The molecule has 1 aliphatic rings. The van der Waals surface area contributed by atoms with Crippen LogP contribution in [0.4, 0.5) is 5.69 Å². The fourth-order valence-corrected chi connectivity index (χ4v) is 3.28. The quantitative estimate of drug-likeness (QED) is 0.761. The van der Waals surface area contributed by atoms with Crippen LogP contribution in [0, 0.1) is 6.92 Å². The summed E-state index contributed by atoms with van der Waals surface area (Å²) in [6, 6.07) is 7.50. The van der Waals surface area contributed by atoms with Crippen LogP contribution in [0.2, 0.25) is 0 Å². The number of hydrogen-bond donors (Lipinski definition) is 0. The van der Waals surface area contributed by atoms with E-state index in [0.717, 1.165) is 16.3 Å². The van der Waals surface area contributed by atoms with Gasteiger partial charge in [-0.05, 0) is 19.1 Å². The zero-order valence-corrected chi connectivity index (χ0v) is 15.5. The highest BCUT2D eigenvalue weighted by atomic mass is 32.1. The first-order chi connectivity index (χ1) is 12.5. The van der Waals surface area contributed by atoms with Gasteiger partial charge in [-0.25, -0.2) is 14.6 Å². The molecule has 1 aliphatic heterocycles. The van der Waals surface area contributed by atoms with Crippen LogP contribution < -0.4 is 4.90 Å². The SMILES string of the molecule is COC(=O)C1=C(C(=O)OC)N(c2ccc(-c3csc(C)n3)cc2)COC1. The van der Waals surface area contributed by atoms with Crippen molar-refractivity contribution in [3.05, 3.63) is 45.9 Å². The lowest BCUT2D eigenvalue weighted by molar-refractivity contribution is -0.140. The van der Waals surface area contributed by atoms with E-state index in [2.05, 4.69) is 4.98 Å². The van der Waals surface area contributed by atoms with E-state index in [9.17, 15) is 9.59 Å². The minimum Gasteiger partial charge on any atom is -0.466 e. The number of anilines is 1. The second-order valence-corrected chi connectivity index (χ2v) is 6.58. The smallest absolute Gasteiger partial charge is 0.355 e. The molecule has 0 amide bonds. The van der Waals surface area contributed by atoms with Gasteiger partial charge in [0.2, 0.25) is 0 Å². The van der Waals surface area contributed by atoms with Crippen molar-refractivity contribution in [3.63, 3.8) is 0 Å².